The molecule has 1 aromatic rings. The van der Waals surface area contributed by atoms with Gasteiger partial charge in [0.25, 0.3) is 0 Å². The van der Waals surface area contributed by atoms with E-state index in [9.17, 15) is 0 Å². The van der Waals surface area contributed by atoms with Crippen molar-refractivity contribution in [2.75, 3.05) is 0 Å². The Morgan fingerprint density at radius 3 is 2.91 bits per heavy atom. The van der Waals surface area contributed by atoms with Gasteiger partial charge in [-0.25, -0.2) is 0 Å². The summed E-state index contributed by atoms with van der Waals surface area (Å²) in [6, 6.07) is 1.99. The number of rotatable bonds is 1. The predicted molar refractivity (Wildman–Crippen MR) is 51.8 cm³/mol. The average molecular weight is 142 g/mol. The zero-order valence-corrected chi connectivity index (χ0v) is 6.80. The molecule has 0 aromatic carbocycles. The molecule has 0 saturated carbocycles. The molecule has 0 aliphatic heterocycles. The van der Waals surface area contributed by atoms with Crippen LogP contribution in [0.5, 0.6) is 0 Å². The zero-order valence-electron chi connectivity index (χ0n) is 6.80. The molecule has 54 valence electrons. The molecule has 0 spiro atoms. The van der Waals surface area contributed by atoms with Crippen LogP contribution >= 0.6 is 0 Å². The van der Waals surface area contributed by atoms with Crippen molar-refractivity contribution < 1.29 is 0 Å². The summed E-state index contributed by atoms with van der Waals surface area (Å²) >= 11 is 0. The number of allylic oxidation sites excluding steroid dienone is 1. The van der Waals surface area contributed by atoms with Crippen LogP contribution in [0.2, 0.25) is 0 Å². The summed E-state index contributed by atoms with van der Waals surface area (Å²) in [5, 5.41) is 2.20. The summed E-state index contributed by atoms with van der Waals surface area (Å²) in [5.41, 5.74) is 1.06. The first-order valence-corrected chi connectivity index (χ1v) is 3.61. The van der Waals surface area contributed by atoms with Crippen molar-refractivity contribution in [3.8, 4) is 0 Å². The average Bonchev–Trinajstić information content (AvgIpc) is 1.93. The van der Waals surface area contributed by atoms with Crippen LogP contribution in [0.4, 0.5) is 0 Å². The Labute approximate surface area is 67.8 Å². The van der Waals surface area contributed by atoms with E-state index in [2.05, 4.69) is 13.2 Å². The van der Waals surface area contributed by atoms with Gasteiger partial charge in [-0.05, 0) is 0 Å². The minimum absolute atomic E-state index is 1.05. The van der Waals surface area contributed by atoms with Crippen LogP contribution < -0.4 is 10.4 Å². The molecule has 0 unspecified atom stereocenters. The van der Waals surface area contributed by atoms with Crippen molar-refractivity contribution >= 4 is 19.6 Å². The monoisotopic (exact) mass is 142 g/mol. The van der Waals surface area contributed by atoms with Gasteiger partial charge in [-0.1, -0.05) is 0 Å². The molecule has 0 nitrogen and oxygen atoms in total. The van der Waals surface area contributed by atoms with Gasteiger partial charge >= 0.3 is 67.1 Å². The van der Waals surface area contributed by atoms with Gasteiger partial charge in [0.15, 0.2) is 0 Å². The van der Waals surface area contributed by atoms with E-state index in [1.54, 1.807) is 0 Å². The third kappa shape index (κ3) is 2.19. The van der Waals surface area contributed by atoms with Crippen molar-refractivity contribution in [3.63, 3.8) is 0 Å². The fourth-order valence-corrected chi connectivity index (χ4v) is 0.940. The van der Waals surface area contributed by atoms with E-state index >= 15 is 0 Å². The fourth-order valence-electron chi connectivity index (χ4n) is 0.940. The SMILES string of the molecule is C=C(C)/C=c1/cbccc1=C. The summed E-state index contributed by atoms with van der Waals surface area (Å²) in [6.45, 7) is 11.7. The molecular formula is C10H11B. The van der Waals surface area contributed by atoms with Gasteiger partial charge in [-0.2, -0.15) is 0 Å². The summed E-state index contributed by atoms with van der Waals surface area (Å²) in [5.74, 6) is 4.02. The van der Waals surface area contributed by atoms with Gasteiger partial charge in [-0.3, -0.25) is 0 Å². The fraction of sp³-hybridized carbons (Fsp3) is 0.100. The van der Waals surface area contributed by atoms with E-state index in [-0.39, 0.29) is 0 Å². The third-order valence-electron chi connectivity index (χ3n) is 1.46. The molecule has 1 rings (SSSR count). The molecule has 1 heteroatoms. The summed E-state index contributed by atoms with van der Waals surface area (Å²) < 4.78 is 0. The van der Waals surface area contributed by atoms with Crippen LogP contribution in [0, 0.1) is 0 Å². The molecular weight excluding hydrogens is 131 g/mol. The number of hydrogen-bond donors (Lipinski definition) is 0. The van der Waals surface area contributed by atoms with Crippen molar-refractivity contribution in [1.29, 1.82) is 0 Å². The van der Waals surface area contributed by atoms with Gasteiger partial charge < -0.3 is 0 Å². The van der Waals surface area contributed by atoms with Crippen LogP contribution in [-0.2, 0) is 0 Å². The van der Waals surface area contributed by atoms with E-state index in [4.69, 9.17) is 0 Å². The predicted octanol–water partition coefficient (Wildman–Crippen LogP) is 0.792. The first-order valence-electron chi connectivity index (χ1n) is 3.61. The van der Waals surface area contributed by atoms with Crippen LogP contribution in [0.25, 0.3) is 12.7 Å². The molecule has 0 atom stereocenters. The quantitative estimate of drug-likeness (QED) is 0.543. The molecule has 0 aliphatic carbocycles. The van der Waals surface area contributed by atoms with Crippen LogP contribution in [0.1, 0.15) is 6.92 Å². The van der Waals surface area contributed by atoms with E-state index in [1.165, 1.54) is 0 Å². The maximum atomic E-state index is 3.90. The standard InChI is InChI=1S/C10H11B/c1-8(2)6-10-7-11-5-4-9(10)3/h4-7H,1,3H2,2H3/b10-6-. The van der Waals surface area contributed by atoms with Gasteiger partial charge in [0, 0.05) is 0 Å². The zero-order chi connectivity index (χ0) is 8.27. The van der Waals surface area contributed by atoms with E-state index in [0.717, 1.165) is 16.0 Å². The molecule has 0 radical (unpaired) electrons. The Morgan fingerprint density at radius 2 is 2.36 bits per heavy atom. The molecule has 0 fully saturated rings. The molecule has 11 heavy (non-hydrogen) atoms. The first kappa shape index (κ1) is 8.00. The molecule has 1 heterocycles. The molecule has 0 amide bonds. The topological polar surface area (TPSA) is 0 Å². The summed E-state index contributed by atoms with van der Waals surface area (Å²) in [7, 11) is 0. The maximum absolute atomic E-state index is 3.90. The molecule has 0 N–H and O–H groups in total. The second kappa shape index (κ2) is 3.33. The van der Waals surface area contributed by atoms with Gasteiger partial charge in [0.2, 0.25) is 0 Å². The molecule has 1 aromatic heterocycles. The Balaban J connectivity index is 3.36. The number of hydrogen-bond acceptors (Lipinski definition) is 0. The van der Waals surface area contributed by atoms with E-state index in [0.29, 0.717) is 0 Å². The molecule has 0 bridgehead atoms. The van der Waals surface area contributed by atoms with Crippen molar-refractivity contribution in [1.82, 2.24) is 0 Å². The van der Waals surface area contributed by atoms with Crippen LogP contribution in [0.15, 0.2) is 30.1 Å². The Kier molecular flexibility index (Phi) is 2.42. The summed E-state index contributed by atoms with van der Waals surface area (Å²) in [6.07, 6.45) is 2.03. The van der Waals surface area contributed by atoms with Crippen LogP contribution in [-0.4, -0.2) is 6.91 Å². The Morgan fingerprint density at radius 1 is 1.64 bits per heavy atom. The normalized spacial score (nSPS) is 11.2. The third-order valence-corrected chi connectivity index (χ3v) is 1.46. The van der Waals surface area contributed by atoms with Crippen molar-refractivity contribution in [2.45, 2.75) is 6.92 Å². The Bertz CT molecular complexity index is 363. The summed E-state index contributed by atoms with van der Waals surface area (Å²) in [4.78, 5) is 0. The van der Waals surface area contributed by atoms with Crippen molar-refractivity contribution in [2.24, 2.45) is 0 Å². The van der Waals surface area contributed by atoms with Crippen molar-refractivity contribution in [3.05, 3.63) is 40.6 Å². The second-order valence-corrected chi connectivity index (χ2v) is 2.69. The van der Waals surface area contributed by atoms with Gasteiger partial charge in [-0.15, -0.1) is 0 Å². The first-order chi connectivity index (χ1) is 5.20. The Hall–Kier alpha value is -1.11. The van der Waals surface area contributed by atoms with E-state index < -0.39 is 0 Å². The van der Waals surface area contributed by atoms with E-state index in [1.807, 2.05) is 37.9 Å². The van der Waals surface area contributed by atoms with Gasteiger partial charge in [0.05, 0.1) is 0 Å². The molecule has 0 saturated heterocycles. The minimum atomic E-state index is 1.05. The molecule has 0 aliphatic rings. The second-order valence-electron chi connectivity index (χ2n) is 2.69. The van der Waals surface area contributed by atoms with Crippen LogP contribution in [0.3, 0.4) is 0 Å². The van der Waals surface area contributed by atoms with Gasteiger partial charge in [0.1, 0.15) is 0 Å².